The number of aliphatic hydroxyl groups is 1. The Hall–Kier alpha value is -1.47. The molecule has 0 radical (unpaired) electrons. The zero-order valence-corrected chi connectivity index (χ0v) is 12.3. The number of hydrogen-bond donors (Lipinski definition) is 2. The van der Waals surface area contributed by atoms with Gasteiger partial charge in [-0.05, 0) is 32.7 Å². The number of carbonyl (C=O) groups is 1. The molecule has 1 aromatic rings. The van der Waals surface area contributed by atoms with Crippen LogP contribution in [0.1, 0.15) is 50.3 Å². The molecule has 1 amide bonds. The highest BCUT2D eigenvalue weighted by atomic mass is 16.4. The van der Waals surface area contributed by atoms with E-state index < -0.39 is 5.60 Å². The van der Waals surface area contributed by atoms with Gasteiger partial charge in [0.15, 0.2) is 0 Å². The maximum Gasteiger partial charge on any atom is 0.322 e. The van der Waals surface area contributed by atoms with Gasteiger partial charge in [0, 0.05) is 12.5 Å². The number of likely N-dealkylation sites (N-methyl/N-ethyl adjacent to an activating group) is 1. The molecule has 21 heavy (non-hydrogen) atoms. The molecule has 2 aliphatic carbocycles. The Balaban J connectivity index is 1.46. The van der Waals surface area contributed by atoms with Crippen molar-refractivity contribution in [3.05, 3.63) is 5.89 Å². The van der Waals surface area contributed by atoms with Crippen LogP contribution in [0, 0.1) is 0 Å². The number of anilines is 1. The Morgan fingerprint density at radius 2 is 2.14 bits per heavy atom. The lowest BCUT2D eigenvalue weighted by Crippen LogP contribution is -2.42. The van der Waals surface area contributed by atoms with Crippen LogP contribution >= 0.6 is 0 Å². The summed E-state index contributed by atoms with van der Waals surface area (Å²) in [5, 5.41) is 20.7. The first-order valence-electron chi connectivity index (χ1n) is 7.58. The number of carbonyl (C=O) groups excluding carboxylic acids is 1. The predicted octanol–water partition coefficient (Wildman–Crippen LogP) is 1.12. The van der Waals surface area contributed by atoms with E-state index in [-0.39, 0.29) is 18.5 Å². The van der Waals surface area contributed by atoms with Crippen LogP contribution in [0.15, 0.2) is 4.42 Å². The molecule has 0 unspecified atom stereocenters. The summed E-state index contributed by atoms with van der Waals surface area (Å²) in [5.41, 5.74) is -0.640. The summed E-state index contributed by atoms with van der Waals surface area (Å²) in [4.78, 5) is 13.8. The minimum Gasteiger partial charge on any atom is -0.408 e. The largest absolute Gasteiger partial charge is 0.408 e. The molecule has 0 bridgehead atoms. The fourth-order valence-corrected chi connectivity index (χ4v) is 2.93. The molecule has 0 aliphatic heterocycles. The fourth-order valence-electron chi connectivity index (χ4n) is 2.93. The van der Waals surface area contributed by atoms with Crippen molar-refractivity contribution in [1.82, 2.24) is 15.1 Å². The molecule has 2 aliphatic rings. The minimum atomic E-state index is -0.640. The number of aromatic nitrogens is 2. The molecular formula is C14H22N4O3. The van der Waals surface area contributed by atoms with Crippen molar-refractivity contribution < 1.29 is 14.3 Å². The van der Waals surface area contributed by atoms with Gasteiger partial charge in [-0.2, -0.15) is 0 Å². The van der Waals surface area contributed by atoms with Gasteiger partial charge in [0.1, 0.15) is 0 Å². The molecule has 2 saturated carbocycles. The first kappa shape index (κ1) is 14.5. The van der Waals surface area contributed by atoms with Crippen LogP contribution in [0.25, 0.3) is 0 Å². The SMILES string of the molecule is CN(CC(=O)Nc1nnc(C2CC2)o1)CC1(O)CCCC1. The van der Waals surface area contributed by atoms with E-state index in [0.29, 0.717) is 18.4 Å². The lowest BCUT2D eigenvalue weighted by atomic mass is 10.0. The fraction of sp³-hybridized carbons (Fsp3) is 0.786. The van der Waals surface area contributed by atoms with Gasteiger partial charge in [-0.1, -0.05) is 17.9 Å². The Morgan fingerprint density at radius 1 is 1.43 bits per heavy atom. The van der Waals surface area contributed by atoms with E-state index in [1.807, 2.05) is 11.9 Å². The first-order valence-corrected chi connectivity index (χ1v) is 7.58. The quantitative estimate of drug-likeness (QED) is 0.817. The van der Waals surface area contributed by atoms with Gasteiger partial charge < -0.3 is 9.52 Å². The van der Waals surface area contributed by atoms with Crippen LogP contribution in [0.2, 0.25) is 0 Å². The van der Waals surface area contributed by atoms with Gasteiger partial charge >= 0.3 is 6.01 Å². The number of nitrogens with one attached hydrogen (secondary N) is 1. The second kappa shape index (κ2) is 5.73. The van der Waals surface area contributed by atoms with Gasteiger partial charge in [0.2, 0.25) is 11.8 Å². The molecular weight excluding hydrogens is 272 g/mol. The highest BCUT2D eigenvalue weighted by Gasteiger charge is 2.33. The molecule has 1 aromatic heterocycles. The van der Waals surface area contributed by atoms with Crippen LogP contribution in [0.3, 0.4) is 0 Å². The van der Waals surface area contributed by atoms with E-state index in [2.05, 4.69) is 15.5 Å². The van der Waals surface area contributed by atoms with E-state index in [1.165, 1.54) is 0 Å². The average Bonchev–Trinajstić information content (AvgIpc) is 3.02. The van der Waals surface area contributed by atoms with Crippen LogP contribution in [0.5, 0.6) is 0 Å². The predicted molar refractivity (Wildman–Crippen MR) is 75.8 cm³/mol. The average molecular weight is 294 g/mol. The van der Waals surface area contributed by atoms with Crippen molar-refractivity contribution in [2.24, 2.45) is 0 Å². The third-order valence-corrected chi connectivity index (χ3v) is 4.13. The Labute approximate surface area is 123 Å². The third-order valence-electron chi connectivity index (χ3n) is 4.13. The molecule has 116 valence electrons. The monoisotopic (exact) mass is 294 g/mol. The molecule has 2 N–H and O–H groups in total. The molecule has 7 heteroatoms. The summed E-state index contributed by atoms with van der Waals surface area (Å²) in [5.74, 6) is 0.784. The molecule has 0 aromatic carbocycles. The second-order valence-corrected chi connectivity index (χ2v) is 6.37. The number of amides is 1. The third kappa shape index (κ3) is 3.79. The van der Waals surface area contributed by atoms with Crippen molar-refractivity contribution >= 4 is 11.9 Å². The van der Waals surface area contributed by atoms with Gasteiger partial charge in [-0.3, -0.25) is 15.0 Å². The van der Waals surface area contributed by atoms with Crippen LogP contribution < -0.4 is 5.32 Å². The van der Waals surface area contributed by atoms with E-state index >= 15 is 0 Å². The lowest BCUT2D eigenvalue weighted by Gasteiger charge is -2.27. The smallest absolute Gasteiger partial charge is 0.322 e. The summed E-state index contributed by atoms with van der Waals surface area (Å²) in [6.07, 6.45) is 5.90. The van der Waals surface area contributed by atoms with Crippen molar-refractivity contribution in [2.45, 2.75) is 50.0 Å². The molecule has 1 heterocycles. The molecule has 0 saturated heterocycles. The van der Waals surface area contributed by atoms with Gasteiger partial charge in [0.05, 0.1) is 12.1 Å². The Bertz CT molecular complexity index is 506. The van der Waals surface area contributed by atoms with Crippen molar-refractivity contribution in [1.29, 1.82) is 0 Å². The van der Waals surface area contributed by atoms with Gasteiger partial charge in [-0.15, -0.1) is 5.10 Å². The summed E-state index contributed by atoms with van der Waals surface area (Å²) in [6, 6.07) is 0.162. The van der Waals surface area contributed by atoms with Crippen molar-refractivity contribution in [3.63, 3.8) is 0 Å². The molecule has 7 nitrogen and oxygen atoms in total. The van der Waals surface area contributed by atoms with E-state index in [9.17, 15) is 9.90 Å². The number of nitrogens with zero attached hydrogens (tertiary/aromatic N) is 3. The first-order chi connectivity index (χ1) is 10.0. The van der Waals surface area contributed by atoms with Crippen LogP contribution in [-0.2, 0) is 4.79 Å². The van der Waals surface area contributed by atoms with Gasteiger partial charge in [-0.25, -0.2) is 0 Å². The lowest BCUT2D eigenvalue weighted by molar-refractivity contribution is -0.117. The molecule has 2 fully saturated rings. The zero-order chi connectivity index (χ0) is 14.9. The standard InChI is InChI=1S/C14H22N4O3/c1-18(9-14(20)6-2-3-7-14)8-11(19)15-13-17-16-12(21-13)10-4-5-10/h10,20H,2-9H2,1H3,(H,15,17,19). The zero-order valence-electron chi connectivity index (χ0n) is 12.3. The van der Waals surface area contributed by atoms with Crippen LogP contribution in [0.4, 0.5) is 6.01 Å². The van der Waals surface area contributed by atoms with E-state index in [1.54, 1.807) is 0 Å². The van der Waals surface area contributed by atoms with Gasteiger partial charge in [0.25, 0.3) is 0 Å². The summed E-state index contributed by atoms with van der Waals surface area (Å²) >= 11 is 0. The molecule has 3 rings (SSSR count). The molecule has 0 atom stereocenters. The highest BCUT2D eigenvalue weighted by Crippen LogP contribution is 2.39. The van der Waals surface area contributed by atoms with Crippen molar-refractivity contribution in [2.75, 3.05) is 25.5 Å². The van der Waals surface area contributed by atoms with Crippen LogP contribution in [-0.4, -0.2) is 51.8 Å². The maximum atomic E-state index is 11.9. The second-order valence-electron chi connectivity index (χ2n) is 6.37. The maximum absolute atomic E-state index is 11.9. The summed E-state index contributed by atoms with van der Waals surface area (Å²) in [7, 11) is 1.83. The molecule has 0 spiro atoms. The van der Waals surface area contributed by atoms with E-state index in [4.69, 9.17) is 4.42 Å². The number of hydrogen-bond acceptors (Lipinski definition) is 6. The van der Waals surface area contributed by atoms with Crippen molar-refractivity contribution in [3.8, 4) is 0 Å². The van der Waals surface area contributed by atoms with E-state index in [0.717, 1.165) is 38.5 Å². The topological polar surface area (TPSA) is 91.5 Å². The number of rotatable bonds is 6. The normalized spacial score (nSPS) is 20.9. The summed E-state index contributed by atoms with van der Waals surface area (Å²) in [6.45, 7) is 0.709. The summed E-state index contributed by atoms with van der Waals surface area (Å²) < 4.78 is 5.39. The minimum absolute atomic E-state index is 0.162. The Kier molecular flexibility index (Phi) is 3.95. The highest BCUT2D eigenvalue weighted by molar-refractivity contribution is 5.90. The Morgan fingerprint density at radius 3 is 2.81 bits per heavy atom.